The third-order valence-corrected chi connectivity index (χ3v) is 2.52. The maximum atomic E-state index is 12.4. The average Bonchev–Trinajstić information content (AvgIpc) is 2.18. The summed E-state index contributed by atoms with van der Waals surface area (Å²) in [5.74, 6) is 0.135. The lowest BCUT2D eigenvalue weighted by Crippen LogP contribution is -2.09. The van der Waals surface area contributed by atoms with E-state index in [2.05, 4.69) is 9.72 Å². The van der Waals surface area contributed by atoms with E-state index in [4.69, 9.17) is 5.11 Å². The predicted molar refractivity (Wildman–Crippen MR) is 54.3 cm³/mol. The van der Waals surface area contributed by atoms with E-state index in [1.807, 2.05) is 0 Å². The smallest absolute Gasteiger partial charge is 0.449 e. The van der Waals surface area contributed by atoms with Crippen molar-refractivity contribution in [3.05, 3.63) is 17.8 Å². The molecule has 0 radical (unpaired) electrons. The molecule has 0 unspecified atom stereocenters. The maximum absolute atomic E-state index is 12.4. The first-order chi connectivity index (χ1) is 7.84. The molecule has 0 aliphatic rings. The molecule has 1 heterocycles. The number of carboxylic acid groups (broad SMARTS) is 1. The fourth-order valence-corrected chi connectivity index (χ4v) is 1.74. The SMILES string of the molecule is CCSc1cc(C(F)(F)F)cnc1OC(=O)O. The van der Waals surface area contributed by atoms with Gasteiger partial charge < -0.3 is 9.84 Å². The summed E-state index contributed by atoms with van der Waals surface area (Å²) in [5, 5.41) is 8.40. The van der Waals surface area contributed by atoms with Crippen molar-refractivity contribution in [3.63, 3.8) is 0 Å². The van der Waals surface area contributed by atoms with Gasteiger partial charge in [0.25, 0.3) is 0 Å². The average molecular weight is 267 g/mol. The molecule has 4 nitrogen and oxygen atoms in total. The molecule has 1 aromatic rings. The number of carbonyl (C=O) groups is 1. The molecule has 0 bridgehead atoms. The van der Waals surface area contributed by atoms with Gasteiger partial charge in [0, 0.05) is 6.20 Å². The molecule has 0 spiro atoms. The molecule has 94 valence electrons. The topological polar surface area (TPSA) is 59.4 Å². The Morgan fingerprint density at radius 1 is 1.59 bits per heavy atom. The minimum atomic E-state index is -4.52. The van der Waals surface area contributed by atoms with Gasteiger partial charge >= 0.3 is 12.3 Å². The number of halogens is 3. The first-order valence-corrected chi connectivity index (χ1v) is 5.44. The van der Waals surface area contributed by atoms with Gasteiger partial charge in [-0.3, -0.25) is 0 Å². The second-order valence-corrected chi connectivity index (χ2v) is 4.13. The number of thioether (sulfide) groups is 1. The highest BCUT2D eigenvalue weighted by molar-refractivity contribution is 7.99. The summed E-state index contributed by atoms with van der Waals surface area (Å²) in [6, 6.07) is 0.819. The van der Waals surface area contributed by atoms with Crippen LogP contribution in [0.2, 0.25) is 0 Å². The van der Waals surface area contributed by atoms with Crippen LogP contribution >= 0.6 is 11.8 Å². The Bertz CT molecular complexity index is 422. The lowest BCUT2D eigenvalue weighted by Gasteiger charge is -2.10. The van der Waals surface area contributed by atoms with Gasteiger partial charge in [-0.05, 0) is 11.8 Å². The first-order valence-electron chi connectivity index (χ1n) is 4.45. The van der Waals surface area contributed by atoms with Crippen LogP contribution in [0.5, 0.6) is 5.88 Å². The Hall–Kier alpha value is -1.44. The van der Waals surface area contributed by atoms with Gasteiger partial charge in [-0.15, -0.1) is 11.8 Å². The summed E-state index contributed by atoms with van der Waals surface area (Å²) in [4.78, 5) is 13.7. The van der Waals surface area contributed by atoms with Crippen molar-refractivity contribution < 1.29 is 27.8 Å². The molecule has 0 atom stereocenters. The summed E-state index contributed by atoms with van der Waals surface area (Å²) in [6.45, 7) is 1.72. The van der Waals surface area contributed by atoms with E-state index >= 15 is 0 Å². The van der Waals surface area contributed by atoms with E-state index in [0.29, 0.717) is 11.9 Å². The Kier molecular flexibility index (Phi) is 4.22. The van der Waals surface area contributed by atoms with Crippen LogP contribution in [0, 0.1) is 0 Å². The largest absolute Gasteiger partial charge is 0.512 e. The molecule has 1 N–H and O–H groups in total. The third-order valence-electron chi connectivity index (χ3n) is 1.63. The number of nitrogens with zero attached hydrogens (tertiary/aromatic N) is 1. The highest BCUT2D eigenvalue weighted by atomic mass is 32.2. The third kappa shape index (κ3) is 3.81. The second kappa shape index (κ2) is 5.26. The Morgan fingerprint density at radius 3 is 2.71 bits per heavy atom. The number of hydrogen-bond acceptors (Lipinski definition) is 4. The van der Waals surface area contributed by atoms with Crippen molar-refractivity contribution in [2.75, 3.05) is 5.75 Å². The van der Waals surface area contributed by atoms with E-state index in [0.717, 1.165) is 17.8 Å². The normalized spacial score (nSPS) is 11.3. The fraction of sp³-hybridized carbons (Fsp3) is 0.333. The Morgan fingerprint density at radius 2 is 2.24 bits per heavy atom. The summed E-state index contributed by atoms with van der Waals surface area (Å²) in [5.41, 5.74) is -0.939. The van der Waals surface area contributed by atoms with E-state index in [9.17, 15) is 18.0 Å². The minimum Gasteiger partial charge on any atom is -0.449 e. The van der Waals surface area contributed by atoms with Gasteiger partial charge in [0.1, 0.15) is 0 Å². The lowest BCUT2D eigenvalue weighted by atomic mass is 10.3. The van der Waals surface area contributed by atoms with Crippen LogP contribution in [0.25, 0.3) is 0 Å². The van der Waals surface area contributed by atoms with Crippen molar-refractivity contribution in [2.45, 2.75) is 18.0 Å². The van der Waals surface area contributed by atoms with Crippen LogP contribution in [0.3, 0.4) is 0 Å². The lowest BCUT2D eigenvalue weighted by molar-refractivity contribution is -0.138. The molecule has 0 aromatic carbocycles. The number of pyridine rings is 1. The van der Waals surface area contributed by atoms with Crippen molar-refractivity contribution in [2.24, 2.45) is 0 Å². The highest BCUT2D eigenvalue weighted by Gasteiger charge is 2.32. The standard InChI is InChI=1S/C9H8F3NO3S/c1-2-17-6-3-5(9(10,11)12)4-13-7(6)16-8(14)15/h3-4H,2H2,1H3,(H,14,15). The highest BCUT2D eigenvalue weighted by Crippen LogP contribution is 2.35. The number of ether oxygens (including phenoxy) is 1. The molecule has 1 aromatic heterocycles. The van der Waals surface area contributed by atoms with Gasteiger partial charge in [-0.1, -0.05) is 6.92 Å². The van der Waals surface area contributed by atoms with Crippen molar-refractivity contribution in [1.29, 1.82) is 0 Å². The van der Waals surface area contributed by atoms with Gasteiger partial charge in [0.15, 0.2) is 0 Å². The number of hydrogen-bond donors (Lipinski definition) is 1. The quantitative estimate of drug-likeness (QED) is 0.672. The number of aromatic nitrogens is 1. The molecule has 0 aliphatic heterocycles. The molecule has 1 rings (SSSR count). The number of alkyl halides is 3. The van der Waals surface area contributed by atoms with Crippen LogP contribution in [0.4, 0.5) is 18.0 Å². The molecule has 0 saturated heterocycles. The van der Waals surface area contributed by atoms with Crippen LogP contribution in [0.15, 0.2) is 17.2 Å². The monoisotopic (exact) mass is 267 g/mol. The second-order valence-electron chi connectivity index (χ2n) is 2.83. The van der Waals surface area contributed by atoms with Crippen molar-refractivity contribution in [3.8, 4) is 5.88 Å². The van der Waals surface area contributed by atoms with Gasteiger partial charge in [-0.2, -0.15) is 13.2 Å². The Labute approximate surface area is 98.8 Å². The minimum absolute atomic E-state index is 0.0460. The van der Waals surface area contributed by atoms with Crippen LogP contribution < -0.4 is 4.74 Å². The van der Waals surface area contributed by atoms with Crippen LogP contribution in [0.1, 0.15) is 12.5 Å². The van der Waals surface area contributed by atoms with Gasteiger partial charge in [0.2, 0.25) is 5.88 Å². The predicted octanol–water partition coefficient (Wildman–Crippen LogP) is 3.27. The molecule has 17 heavy (non-hydrogen) atoms. The molecule has 0 fully saturated rings. The first kappa shape index (κ1) is 13.6. The van der Waals surface area contributed by atoms with Gasteiger partial charge in [-0.25, -0.2) is 9.78 Å². The van der Waals surface area contributed by atoms with Crippen LogP contribution in [-0.4, -0.2) is 22.0 Å². The summed E-state index contributed by atoms with van der Waals surface area (Å²) in [6.07, 6.45) is -5.59. The zero-order valence-corrected chi connectivity index (χ0v) is 9.43. The van der Waals surface area contributed by atoms with Crippen LogP contribution in [-0.2, 0) is 6.18 Å². The molecular formula is C9H8F3NO3S. The molecule has 8 heteroatoms. The van der Waals surface area contributed by atoms with E-state index in [1.54, 1.807) is 6.92 Å². The zero-order valence-electron chi connectivity index (χ0n) is 8.61. The maximum Gasteiger partial charge on any atom is 0.512 e. The summed E-state index contributed by atoms with van der Waals surface area (Å²) in [7, 11) is 0. The van der Waals surface area contributed by atoms with E-state index in [-0.39, 0.29) is 10.8 Å². The fourth-order valence-electron chi connectivity index (χ4n) is 1.01. The zero-order chi connectivity index (χ0) is 13.1. The summed E-state index contributed by atoms with van der Waals surface area (Å²) < 4.78 is 41.5. The number of rotatable bonds is 3. The molecular weight excluding hydrogens is 259 g/mol. The molecule has 0 saturated carbocycles. The van der Waals surface area contributed by atoms with Crippen molar-refractivity contribution >= 4 is 17.9 Å². The molecule has 0 amide bonds. The Balaban J connectivity index is 3.12. The van der Waals surface area contributed by atoms with E-state index < -0.39 is 17.9 Å². The summed E-state index contributed by atoms with van der Waals surface area (Å²) >= 11 is 1.02. The van der Waals surface area contributed by atoms with E-state index in [1.165, 1.54) is 0 Å². The van der Waals surface area contributed by atoms with Crippen molar-refractivity contribution in [1.82, 2.24) is 4.98 Å². The van der Waals surface area contributed by atoms with Gasteiger partial charge in [0.05, 0.1) is 10.5 Å². The molecule has 0 aliphatic carbocycles.